The Kier molecular flexibility index (Phi) is 8.71. The first-order valence-electron chi connectivity index (χ1n) is 10.2. The minimum atomic E-state index is -0.991. The molecule has 0 spiro atoms. The summed E-state index contributed by atoms with van der Waals surface area (Å²) in [6.45, 7) is 4.23. The third kappa shape index (κ3) is 7.39. The maximum Gasteiger partial charge on any atom is 0.341 e. The van der Waals surface area contributed by atoms with E-state index in [1.54, 1.807) is 23.9 Å². The summed E-state index contributed by atoms with van der Waals surface area (Å²) in [5.74, 6) is 1.54. The molecule has 3 aromatic rings. The molecule has 5 nitrogen and oxygen atoms in total. The molecular weight excluding hydrogens is 448 g/mol. The monoisotopic (exact) mass is 472 g/mol. The van der Waals surface area contributed by atoms with E-state index in [-0.39, 0.29) is 6.61 Å². The Morgan fingerprint density at radius 2 is 1.75 bits per heavy atom. The van der Waals surface area contributed by atoms with Crippen molar-refractivity contribution in [1.29, 1.82) is 0 Å². The zero-order chi connectivity index (χ0) is 22.9. The summed E-state index contributed by atoms with van der Waals surface area (Å²) in [5, 5.41) is 9.65. The fourth-order valence-corrected chi connectivity index (χ4v) is 4.15. The van der Waals surface area contributed by atoms with Gasteiger partial charge in [-0.25, -0.2) is 4.79 Å². The Bertz CT molecular complexity index is 1040. The summed E-state index contributed by atoms with van der Waals surface area (Å²) >= 11 is 7.87. The first-order chi connectivity index (χ1) is 15.4. The fraction of sp³-hybridized carbons (Fsp3) is 0.240. The predicted octanol–water partition coefficient (Wildman–Crippen LogP) is 6.85. The fourth-order valence-electron chi connectivity index (χ4n) is 2.92. The average Bonchev–Trinajstić information content (AvgIpc) is 2.75. The molecule has 0 aliphatic carbocycles. The van der Waals surface area contributed by atoms with Crippen LogP contribution in [0.3, 0.4) is 0 Å². The highest BCUT2D eigenvalue weighted by Crippen LogP contribution is 2.35. The number of carboxylic acids is 1. The highest BCUT2D eigenvalue weighted by molar-refractivity contribution is 7.99. The quantitative estimate of drug-likeness (QED) is 0.308. The van der Waals surface area contributed by atoms with Crippen LogP contribution in [0.5, 0.6) is 23.0 Å². The van der Waals surface area contributed by atoms with Gasteiger partial charge in [-0.1, -0.05) is 36.7 Å². The van der Waals surface area contributed by atoms with Crippen LogP contribution in [-0.2, 0) is 4.79 Å². The molecule has 1 unspecified atom stereocenters. The maximum atomic E-state index is 10.7. The van der Waals surface area contributed by atoms with Crippen LogP contribution in [0, 0.1) is 6.92 Å². The van der Waals surface area contributed by atoms with Crippen LogP contribution < -0.4 is 14.2 Å². The van der Waals surface area contributed by atoms with Crippen LogP contribution in [0.15, 0.2) is 71.6 Å². The SMILES string of the molecule is Cc1cc(SC(C)CCOc2ccc(Cl)cc2Oc2ccccc2)ccc1OCC(=O)O. The van der Waals surface area contributed by atoms with Crippen molar-refractivity contribution in [3.63, 3.8) is 0 Å². The highest BCUT2D eigenvalue weighted by atomic mass is 35.5. The van der Waals surface area contributed by atoms with E-state index in [9.17, 15) is 4.79 Å². The van der Waals surface area contributed by atoms with Gasteiger partial charge in [0.25, 0.3) is 0 Å². The van der Waals surface area contributed by atoms with Gasteiger partial charge in [0.1, 0.15) is 11.5 Å². The first kappa shape index (κ1) is 23.8. The van der Waals surface area contributed by atoms with Crippen LogP contribution >= 0.6 is 23.4 Å². The molecular formula is C25H25ClO5S. The summed E-state index contributed by atoms with van der Waals surface area (Å²) < 4.78 is 17.2. The van der Waals surface area contributed by atoms with Crippen LogP contribution in [0.2, 0.25) is 5.02 Å². The second kappa shape index (κ2) is 11.7. The highest BCUT2D eigenvalue weighted by Gasteiger charge is 2.11. The van der Waals surface area contributed by atoms with Gasteiger partial charge in [0.05, 0.1) is 6.61 Å². The zero-order valence-electron chi connectivity index (χ0n) is 17.9. The molecule has 1 atom stereocenters. The van der Waals surface area contributed by atoms with Gasteiger partial charge >= 0.3 is 5.97 Å². The van der Waals surface area contributed by atoms with E-state index in [1.165, 1.54) is 0 Å². The van der Waals surface area contributed by atoms with Crippen molar-refractivity contribution in [2.45, 2.75) is 30.4 Å². The molecule has 3 aromatic carbocycles. The molecule has 0 saturated heterocycles. The number of hydrogen-bond donors (Lipinski definition) is 1. The number of thioether (sulfide) groups is 1. The maximum absolute atomic E-state index is 10.7. The van der Waals surface area contributed by atoms with E-state index >= 15 is 0 Å². The third-order valence-corrected chi connectivity index (χ3v) is 5.89. The lowest BCUT2D eigenvalue weighted by Gasteiger charge is -2.16. The summed E-state index contributed by atoms with van der Waals surface area (Å²) in [5.41, 5.74) is 0.906. The Labute approximate surface area is 197 Å². The normalized spacial score (nSPS) is 11.6. The number of halogens is 1. The molecule has 0 aromatic heterocycles. The van der Waals surface area contributed by atoms with Gasteiger partial charge in [0.2, 0.25) is 0 Å². The number of rotatable bonds is 11. The molecule has 0 fully saturated rings. The van der Waals surface area contributed by atoms with Crippen LogP contribution in [0.1, 0.15) is 18.9 Å². The second-order valence-electron chi connectivity index (χ2n) is 7.18. The van der Waals surface area contributed by atoms with Crippen molar-refractivity contribution in [3.8, 4) is 23.0 Å². The molecule has 0 aliphatic heterocycles. The lowest BCUT2D eigenvalue weighted by atomic mass is 10.2. The number of aryl methyl sites for hydroxylation is 1. The summed E-state index contributed by atoms with van der Waals surface area (Å²) in [4.78, 5) is 11.8. The number of benzene rings is 3. The van der Waals surface area contributed by atoms with E-state index in [4.69, 9.17) is 30.9 Å². The average molecular weight is 473 g/mol. The van der Waals surface area contributed by atoms with E-state index in [1.807, 2.05) is 61.5 Å². The van der Waals surface area contributed by atoms with Gasteiger partial charge in [0, 0.05) is 21.2 Å². The zero-order valence-corrected chi connectivity index (χ0v) is 19.5. The van der Waals surface area contributed by atoms with Crippen LogP contribution in [-0.4, -0.2) is 29.5 Å². The number of carboxylic acid groups (broad SMARTS) is 1. The number of carbonyl (C=O) groups is 1. The van der Waals surface area contributed by atoms with Crippen molar-refractivity contribution >= 4 is 29.3 Å². The van der Waals surface area contributed by atoms with Gasteiger partial charge in [-0.2, -0.15) is 0 Å². The molecule has 3 rings (SSSR count). The lowest BCUT2D eigenvalue weighted by molar-refractivity contribution is -0.139. The van der Waals surface area contributed by atoms with Crippen molar-refractivity contribution in [3.05, 3.63) is 77.3 Å². The van der Waals surface area contributed by atoms with Crippen molar-refractivity contribution < 1.29 is 24.1 Å². The minimum absolute atomic E-state index is 0.311. The summed E-state index contributed by atoms with van der Waals surface area (Å²) in [6, 6.07) is 20.6. The molecule has 168 valence electrons. The molecule has 7 heteroatoms. The number of para-hydroxylation sites is 1. The molecule has 0 bridgehead atoms. The number of hydrogen-bond acceptors (Lipinski definition) is 5. The Balaban J connectivity index is 1.53. The van der Waals surface area contributed by atoms with Gasteiger partial charge in [-0.3, -0.25) is 0 Å². The Morgan fingerprint density at radius 3 is 2.47 bits per heavy atom. The van der Waals surface area contributed by atoms with Gasteiger partial charge in [-0.05, 0) is 61.4 Å². The van der Waals surface area contributed by atoms with Crippen molar-refractivity contribution in [1.82, 2.24) is 0 Å². The van der Waals surface area contributed by atoms with E-state index in [2.05, 4.69) is 6.92 Å². The largest absolute Gasteiger partial charge is 0.490 e. The number of aliphatic carboxylic acids is 1. The van der Waals surface area contributed by atoms with Crippen molar-refractivity contribution in [2.24, 2.45) is 0 Å². The molecule has 0 heterocycles. The van der Waals surface area contributed by atoms with Crippen molar-refractivity contribution in [2.75, 3.05) is 13.2 Å². The molecule has 0 amide bonds. The van der Waals surface area contributed by atoms with E-state index < -0.39 is 5.97 Å². The summed E-state index contributed by atoms with van der Waals surface area (Å²) in [7, 11) is 0. The molecule has 0 saturated carbocycles. The molecule has 1 N–H and O–H groups in total. The molecule has 0 radical (unpaired) electrons. The van der Waals surface area contributed by atoms with E-state index in [0.717, 1.165) is 22.6 Å². The summed E-state index contributed by atoms with van der Waals surface area (Å²) in [6.07, 6.45) is 0.828. The van der Waals surface area contributed by atoms with Crippen LogP contribution in [0.4, 0.5) is 0 Å². The van der Waals surface area contributed by atoms with Gasteiger partial charge in [-0.15, -0.1) is 11.8 Å². The van der Waals surface area contributed by atoms with Gasteiger partial charge < -0.3 is 19.3 Å². The van der Waals surface area contributed by atoms with Gasteiger partial charge in [0.15, 0.2) is 18.1 Å². The topological polar surface area (TPSA) is 65.0 Å². The predicted molar refractivity (Wildman–Crippen MR) is 128 cm³/mol. The minimum Gasteiger partial charge on any atom is -0.490 e. The Hall–Kier alpha value is -2.83. The standard InChI is InChI=1S/C25H25ClO5S/c1-17-14-21(9-11-22(17)30-16-25(27)28)32-18(2)12-13-29-23-10-8-19(26)15-24(23)31-20-6-4-3-5-7-20/h3-11,14-15,18H,12-13,16H2,1-2H3,(H,27,28). The van der Waals surface area contributed by atoms with Crippen LogP contribution in [0.25, 0.3) is 0 Å². The van der Waals surface area contributed by atoms with E-state index in [0.29, 0.717) is 34.1 Å². The Morgan fingerprint density at radius 1 is 1.00 bits per heavy atom. The first-order valence-corrected chi connectivity index (χ1v) is 11.4. The molecule has 32 heavy (non-hydrogen) atoms. The number of ether oxygens (including phenoxy) is 3. The third-order valence-electron chi connectivity index (χ3n) is 4.49. The second-order valence-corrected chi connectivity index (χ2v) is 9.13. The lowest BCUT2D eigenvalue weighted by Crippen LogP contribution is -2.10. The molecule has 0 aliphatic rings. The smallest absolute Gasteiger partial charge is 0.341 e.